The normalized spacial score (nSPS) is 23.2. The first-order valence-electron chi connectivity index (χ1n) is 6.61. The average molecular weight is 262 g/mol. The predicted molar refractivity (Wildman–Crippen MR) is 73.0 cm³/mol. The second kappa shape index (κ2) is 4.34. The minimum absolute atomic E-state index is 0.0172. The van der Waals surface area contributed by atoms with Crippen LogP contribution in [-0.4, -0.2) is 33.0 Å². The number of imidazole rings is 1. The summed E-state index contributed by atoms with van der Waals surface area (Å²) in [5.41, 5.74) is 6.07. The number of fused-ring (bicyclic) bond motifs is 1. The van der Waals surface area contributed by atoms with E-state index in [4.69, 9.17) is 5.73 Å². The van der Waals surface area contributed by atoms with Crippen LogP contribution in [0.2, 0.25) is 0 Å². The van der Waals surface area contributed by atoms with Gasteiger partial charge in [0.2, 0.25) is 5.95 Å². The van der Waals surface area contributed by atoms with E-state index in [2.05, 4.69) is 32.2 Å². The van der Waals surface area contributed by atoms with Crippen molar-refractivity contribution >= 4 is 17.1 Å². The highest BCUT2D eigenvalue weighted by atomic mass is 16.1. The standard InChI is InChI=1S/C12H18N6O/c1-2-3-12(4-5-14-6-12)10-15-7-8(16-10)17-11(13)18-9(7)19/h14H,2-6H2,1H3,(H4,13,15,16,17,18,19). The number of nitrogen functional groups attached to an aromatic ring is 1. The summed E-state index contributed by atoms with van der Waals surface area (Å²) in [6.45, 7) is 4.02. The van der Waals surface area contributed by atoms with Gasteiger partial charge in [0.15, 0.2) is 11.2 Å². The Hall–Kier alpha value is -1.89. The number of nitrogens with zero attached hydrogens (tertiary/aromatic N) is 2. The van der Waals surface area contributed by atoms with E-state index >= 15 is 0 Å². The first-order chi connectivity index (χ1) is 9.14. The Morgan fingerprint density at radius 3 is 2.89 bits per heavy atom. The number of rotatable bonds is 3. The number of nitrogens with one attached hydrogen (secondary N) is 3. The molecular formula is C12H18N6O. The monoisotopic (exact) mass is 262 g/mol. The van der Waals surface area contributed by atoms with E-state index in [1.807, 2.05) is 0 Å². The smallest absolute Gasteiger partial charge is 0.278 e. The van der Waals surface area contributed by atoms with Gasteiger partial charge in [0.05, 0.1) is 0 Å². The second-order valence-corrected chi connectivity index (χ2v) is 5.19. The quantitative estimate of drug-likeness (QED) is 0.634. The maximum Gasteiger partial charge on any atom is 0.278 e. The maximum atomic E-state index is 11.8. The molecule has 0 bridgehead atoms. The minimum Gasteiger partial charge on any atom is -0.369 e. The largest absolute Gasteiger partial charge is 0.369 e. The van der Waals surface area contributed by atoms with Crippen LogP contribution in [0, 0.1) is 0 Å². The van der Waals surface area contributed by atoms with Crippen molar-refractivity contribution in [3.63, 3.8) is 0 Å². The molecule has 7 heteroatoms. The molecule has 19 heavy (non-hydrogen) atoms. The van der Waals surface area contributed by atoms with Crippen LogP contribution in [0.15, 0.2) is 4.79 Å². The van der Waals surface area contributed by atoms with Gasteiger partial charge in [-0.2, -0.15) is 4.98 Å². The number of hydrogen-bond acceptors (Lipinski definition) is 5. The molecule has 1 atom stereocenters. The number of H-pyrrole nitrogens is 2. The lowest BCUT2D eigenvalue weighted by molar-refractivity contribution is 0.406. The highest BCUT2D eigenvalue weighted by molar-refractivity contribution is 5.70. The van der Waals surface area contributed by atoms with E-state index in [0.717, 1.165) is 38.2 Å². The fraction of sp³-hybridized carbons (Fsp3) is 0.583. The molecule has 1 aliphatic heterocycles. The fourth-order valence-corrected chi connectivity index (χ4v) is 2.93. The Morgan fingerprint density at radius 1 is 1.37 bits per heavy atom. The van der Waals surface area contributed by atoms with Gasteiger partial charge in [-0.25, -0.2) is 4.98 Å². The Morgan fingerprint density at radius 2 is 2.21 bits per heavy atom. The van der Waals surface area contributed by atoms with Crippen molar-refractivity contribution in [2.75, 3.05) is 18.8 Å². The van der Waals surface area contributed by atoms with Crippen LogP contribution in [0.1, 0.15) is 32.0 Å². The van der Waals surface area contributed by atoms with Crippen molar-refractivity contribution < 1.29 is 0 Å². The molecule has 2 aromatic heterocycles. The molecule has 5 N–H and O–H groups in total. The lowest BCUT2D eigenvalue weighted by Gasteiger charge is -2.24. The van der Waals surface area contributed by atoms with E-state index in [1.54, 1.807) is 0 Å². The molecule has 7 nitrogen and oxygen atoms in total. The highest BCUT2D eigenvalue weighted by Gasteiger charge is 2.37. The van der Waals surface area contributed by atoms with Crippen LogP contribution in [0.25, 0.3) is 11.2 Å². The summed E-state index contributed by atoms with van der Waals surface area (Å²) in [5.74, 6) is 0.947. The Kier molecular flexibility index (Phi) is 2.78. The van der Waals surface area contributed by atoms with Crippen LogP contribution in [0.4, 0.5) is 5.95 Å². The molecule has 102 valence electrons. The second-order valence-electron chi connectivity index (χ2n) is 5.19. The topological polar surface area (TPSA) is 112 Å². The van der Waals surface area contributed by atoms with Crippen LogP contribution in [-0.2, 0) is 5.41 Å². The average Bonchev–Trinajstić information content (AvgIpc) is 2.96. The Bertz CT molecular complexity index is 652. The molecule has 3 rings (SSSR count). The van der Waals surface area contributed by atoms with Crippen LogP contribution in [0.3, 0.4) is 0 Å². The van der Waals surface area contributed by atoms with Gasteiger partial charge >= 0.3 is 0 Å². The third-order valence-electron chi connectivity index (χ3n) is 3.85. The van der Waals surface area contributed by atoms with Crippen molar-refractivity contribution in [1.82, 2.24) is 25.3 Å². The first-order valence-corrected chi connectivity index (χ1v) is 6.61. The van der Waals surface area contributed by atoms with Crippen LogP contribution >= 0.6 is 0 Å². The van der Waals surface area contributed by atoms with Gasteiger partial charge in [0.1, 0.15) is 5.82 Å². The Balaban J connectivity index is 2.14. The molecule has 0 saturated carbocycles. The molecule has 1 aliphatic rings. The van der Waals surface area contributed by atoms with Gasteiger partial charge in [-0.05, 0) is 19.4 Å². The highest BCUT2D eigenvalue weighted by Crippen LogP contribution is 2.33. The number of hydrogen-bond donors (Lipinski definition) is 4. The van der Waals surface area contributed by atoms with Crippen molar-refractivity contribution in [3.8, 4) is 0 Å². The SMILES string of the molecule is CCCC1(c2nc3nc(N)[nH]c(=O)c3[nH]2)CCNC1. The van der Waals surface area contributed by atoms with Gasteiger partial charge in [-0.15, -0.1) is 0 Å². The minimum atomic E-state index is -0.265. The number of nitrogens with two attached hydrogens (primary N) is 1. The summed E-state index contributed by atoms with van der Waals surface area (Å²) >= 11 is 0. The van der Waals surface area contributed by atoms with E-state index in [1.165, 1.54) is 0 Å². The zero-order chi connectivity index (χ0) is 13.5. The van der Waals surface area contributed by atoms with E-state index in [-0.39, 0.29) is 16.9 Å². The molecular weight excluding hydrogens is 244 g/mol. The zero-order valence-corrected chi connectivity index (χ0v) is 10.9. The van der Waals surface area contributed by atoms with Crippen molar-refractivity contribution in [3.05, 3.63) is 16.2 Å². The molecule has 0 amide bonds. The fourth-order valence-electron chi connectivity index (χ4n) is 2.93. The molecule has 0 radical (unpaired) electrons. The summed E-state index contributed by atoms with van der Waals surface area (Å²) < 4.78 is 0. The third-order valence-corrected chi connectivity index (χ3v) is 3.85. The summed E-state index contributed by atoms with van der Waals surface area (Å²) in [6, 6.07) is 0. The van der Waals surface area contributed by atoms with Gasteiger partial charge in [0.25, 0.3) is 5.56 Å². The molecule has 0 aliphatic carbocycles. The van der Waals surface area contributed by atoms with Gasteiger partial charge < -0.3 is 16.0 Å². The molecule has 3 heterocycles. The number of aromatic nitrogens is 4. The molecule has 2 aromatic rings. The summed E-state index contributed by atoms with van der Waals surface area (Å²) in [4.78, 5) is 26.0. The molecule has 0 spiro atoms. The van der Waals surface area contributed by atoms with Crippen molar-refractivity contribution in [2.45, 2.75) is 31.6 Å². The van der Waals surface area contributed by atoms with Crippen molar-refractivity contribution in [2.24, 2.45) is 0 Å². The van der Waals surface area contributed by atoms with Gasteiger partial charge in [-0.1, -0.05) is 13.3 Å². The molecule has 1 fully saturated rings. The summed E-state index contributed by atoms with van der Waals surface area (Å²) in [6.07, 6.45) is 3.13. The molecule has 0 aromatic carbocycles. The van der Waals surface area contributed by atoms with Gasteiger partial charge in [0, 0.05) is 12.0 Å². The van der Waals surface area contributed by atoms with E-state index in [9.17, 15) is 4.79 Å². The van der Waals surface area contributed by atoms with E-state index in [0.29, 0.717) is 11.2 Å². The Labute approximate surface area is 110 Å². The molecule has 1 unspecified atom stereocenters. The summed E-state index contributed by atoms with van der Waals surface area (Å²) in [5, 5.41) is 3.38. The number of anilines is 1. The van der Waals surface area contributed by atoms with Crippen LogP contribution < -0.4 is 16.6 Å². The summed E-state index contributed by atoms with van der Waals surface area (Å²) in [7, 11) is 0. The maximum absolute atomic E-state index is 11.8. The van der Waals surface area contributed by atoms with E-state index < -0.39 is 0 Å². The third kappa shape index (κ3) is 1.90. The van der Waals surface area contributed by atoms with Crippen molar-refractivity contribution in [1.29, 1.82) is 0 Å². The number of aromatic amines is 2. The zero-order valence-electron chi connectivity index (χ0n) is 10.9. The lowest BCUT2D eigenvalue weighted by Crippen LogP contribution is -2.30. The first kappa shape index (κ1) is 12.2. The predicted octanol–water partition coefficient (Wildman–Crippen LogP) is 0.260. The van der Waals surface area contributed by atoms with Gasteiger partial charge in [-0.3, -0.25) is 9.78 Å². The lowest BCUT2D eigenvalue weighted by atomic mass is 9.82. The molecule has 1 saturated heterocycles. The van der Waals surface area contributed by atoms with Crippen LogP contribution in [0.5, 0.6) is 0 Å².